The summed E-state index contributed by atoms with van der Waals surface area (Å²) in [5.41, 5.74) is 0.400. The molecule has 1 aromatic carbocycles. The highest BCUT2D eigenvalue weighted by Crippen LogP contribution is 2.12. The third-order valence-electron chi connectivity index (χ3n) is 3.21. The van der Waals surface area contributed by atoms with Crippen LogP contribution in [-0.4, -0.2) is 18.8 Å². The maximum absolute atomic E-state index is 12.2. The summed E-state index contributed by atoms with van der Waals surface area (Å²) in [4.78, 5) is 23.2. The Morgan fingerprint density at radius 2 is 1.95 bits per heavy atom. The molecule has 0 amide bonds. The highest BCUT2D eigenvalue weighted by molar-refractivity contribution is 7.89. The van der Waals surface area contributed by atoms with Gasteiger partial charge in [-0.25, -0.2) is 13.1 Å². The maximum Gasteiger partial charge on any atom is 0.254 e. The third-order valence-corrected chi connectivity index (χ3v) is 4.60. The fourth-order valence-electron chi connectivity index (χ4n) is 1.93. The first-order chi connectivity index (χ1) is 10.3. The molecule has 1 aromatic heterocycles. The molecule has 0 fully saturated rings. The second-order valence-electron chi connectivity index (χ2n) is 4.86. The van der Waals surface area contributed by atoms with E-state index in [9.17, 15) is 18.0 Å². The molecule has 0 radical (unpaired) electrons. The van der Waals surface area contributed by atoms with Crippen molar-refractivity contribution in [3.05, 3.63) is 64.1 Å². The summed E-state index contributed by atoms with van der Waals surface area (Å²) < 4.78 is 28.2. The molecule has 7 heteroatoms. The number of sulfonamides is 1. The molecule has 0 unspecified atom stereocenters. The molecule has 0 spiro atoms. The first kappa shape index (κ1) is 16.1. The highest BCUT2D eigenvalue weighted by Gasteiger charge is 2.15. The zero-order valence-electron chi connectivity index (χ0n) is 12.2. The lowest BCUT2D eigenvalue weighted by atomic mass is 10.2. The Morgan fingerprint density at radius 1 is 1.23 bits per heavy atom. The van der Waals surface area contributed by atoms with Crippen molar-refractivity contribution in [2.45, 2.75) is 18.4 Å². The van der Waals surface area contributed by atoms with Crippen LogP contribution in [-0.2, 0) is 23.6 Å². The van der Waals surface area contributed by atoms with Crippen molar-refractivity contribution in [1.82, 2.24) is 9.29 Å². The van der Waals surface area contributed by atoms with Crippen LogP contribution in [0, 0.1) is 0 Å². The number of rotatable bonds is 5. The Kier molecular flexibility index (Phi) is 4.58. The summed E-state index contributed by atoms with van der Waals surface area (Å²) >= 11 is 0. The van der Waals surface area contributed by atoms with E-state index in [0.717, 1.165) is 0 Å². The first-order valence-electron chi connectivity index (χ1n) is 6.56. The average molecular weight is 320 g/mol. The molecule has 0 aliphatic heterocycles. The molecule has 0 aliphatic rings. The van der Waals surface area contributed by atoms with Gasteiger partial charge in [0, 0.05) is 30.9 Å². The summed E-state index contributed by atoms with van der Waals surface area (Å²) in [5.74, 6) is -0.214. The van der Waals surface area contributed by atoms with Gasteiger partial charge in [0.05, 0.1) is 4.90 Å². The summed E-state index contributed by atoms with van der Waals surface area (Å²) in [6, 6.07) is 9.00. The van der Waals surface area contributed by atoms with Gasteiger partial charge in [0.15, 0.2) is 5.78 Å². The summed E-state index contributed by atoms with van der Waals surface area (Å²) in [6.07, 6.45) is 1.59. The minimum absolute atomic E-state index is 0.00652. The van der Waals surface area contributed by atoms with Crippen molar-refractivity contribution in [1.29, 1.82) is 0 Å². The SMILES string of the molecule is CC(=O)c1cccc(S(=O)(=O)NCc2cccn(C)c2=O)c1. The predicted molar refractivity (Wildman–Crippen MR) is 82.2 cm³/mol. The van der Waals surface area contributed by atoms with Gasteiger partial charge < -0.3 is 4.57 Å². The fourth-order valence-corrected chi connectivity index (χ4v) is 2.98. The number of Topliss-reactive ketones (excluding diaryl/α,β-unsaturated/α-hetero) is 1. The molecular weight excluding hydrogens is 304 g/mol. The predicted octanol–water partition coefficient (Wildman–Crippen LogP) is 1.07. The Hall–Kier alpha value is -2.25. The van der Waals surface area contributed by atoms with Crippen LogP contribution in [0.2, 0.25) is 0 Å². The van der Waals surface area contributed by atoms with Crippen molar-refractivity contribution >= 4 is 15.8 Å². The van der Waals surface area contributed by atoms with E-state index in [1.54, 1.807) is 31.4 Å². The van der Waals surface area contributed by atoms with Crippen LogP contribution in [0.1, 0.15) is 22.8 Å². The summed E-state index contributed by atoms with van der Waals surface area (Å²) in [7, 11) is -2.20. The van der Waals surface area contributed by atoms with Gasteiger partial charge in [-0.15, -0.1) is 0 Å². The average Bonchev–Trinajstić information content (AvgIpc) is 2.49. The molecule has 0 saturated carbocycles. The van der Waals surface area contributed by atoms with Gasteiger partial charge in [0.1, 0.15) is 0 Å². The number of hydrogen-bond donors (Lipinski definition) is 1. The van der Waals surface area contributed by atoms with Gasteiger partial charge in [-0.2, -0.15) is 0 Å². The number of carbonyl (C=O) groups excluding carboxylic acids is 1. The molecule has 1 heterocycles. The smallest absolute Gasteiger partial charge is 0.254 e. The van der Waals surface area contributed by atoms with E-state index in [0.29, 0.717) is 11.1 Å². The monoisotopic (exact) mass is 320 g/mol. The Bertz CT molecular complexity index is 869. The molecule has 22 heavy (non-hydrogen) atoms. The molecule has 0 bridgehead atoms. The number of nitrogens with one attached hydrogen (secondary N) is 1. The number of pyridine rings is 1. The normalized spacial score (nSPS) is 11.4. The van der Waals surface area contributed by atoms with Gasteiger partial charge in [-0.3, -0.25) is 9.59 Å². The molecule has 116 valence electrons. The zero-order valence-corrected chi connectivity index (χ0v) is 13.1. The van der Waals surface area contributed by atoms with Crippen LogP contribution in [0.5, 0.6) is 0 Å². The van der Waals surface area contributed by atoms with Crippen molar-refractivity contribution in [3.63, 3.8) is 0 Å². The minimum atomic E-state index is -3.79. The quantitative estimate of drug-likeness (QED) is 0.835. The van der Waals surface area contributed by atoms with E-state index >= 15 is 0 Å². The minimum Gasteiger partial charge on any atom is -0.318 e. The first-order valence-corrected chi connectivity index (χ1v) is 8.05. The second-order valence-corrected chi connectivity index (χ2v) is 6.63. The molecule has 6 nitrogen and oxygen atoms in total. The number of nitrogens with zero attached hydrogens (tertiary/aromatic N) is 1. The number of aryl methyl sites for hydroxylation is 1. The second kappa shape index (κ2) is 6.25. The fraction of sp³-hybridized carbons (Fsp3) is 0.200. The molecule has 0 aliphatic carbocycles. The van der Waals surface area contributed by atoms with E-state index < -0.39 is 10.0 Å². The van der Waals surface area contributed by atoms with E-state index in [-0.39, 0.29) is 22.8 Å². The highest BCUT2D eigenvalue weighted by atomic mass is 32.2. The van der Waals surface area contributed by atoms with Crippen LogP contribution in [0.4, 0.5) is 0 Å². The number of carbonyl (C=O) groups is 1. The third kappa shape index (κ3) is 3.49. The molecule has 0 atom stereocenters. The van der Waals surface area contributed by atoms with Crippen LogP contribution in [0.15, 0.2) is 52.3 Å². The number of hydrogen-bond acceptors (Lipinski definition) is 4. The van der Waals surface area contributed by atoms with Gasteiger partial charge in [-0.1, -0.05) is 18.2 Å². The van der Waals surface area contributed by atoms with Gasteiger partial charge in [-0.05, 0) is 25.1 Å². The molecule has 0 saturated heterocycles. The van der Waals surface area contributed by atoms with Crippen molar-refractivity contribution in [2.24, 2.45) is 7.05 Å². The van der Waals surface area contributed by atoms with Gasteiger partial charge in [0.2, 0.25) is 10.0 Å². The lowest BCUT2D eigenvalue weighted by Gasteiger charge is -2.08. The van der Waals surface area contributed by atoms with Crippen LogP contribution in [0.25, 0.3) is 0 Å². The number of ketones is 1. The number of aromatic nitrogens is 1. The van der Waals surface area contributed by atoms with Gasteiger partial charge >= 0.3 is 0 Å². The van der Waals surface area contributed by atoms with Gasteiger partial charge in [0.25, 0.3) is 5.56 Å². The number of benzene rings is 1. The molecule has 1 N–H and O–H groups in total. The van der Waals surface area contributed by atoms with Crippen molar-refractivity contribution in [2.75, 3.05) is 0 Å². The lowest BCUT2D eigenvalue weighted by molar-refractivity contribution is 0.101. The standard InChI is InChI=1S/C15H16N2O4S/c1-11(18)12-5-3-7-14(9-12)22(20,21)16-10-13-6-4-8-17(2)15(13)19/h3-9,16H,10H2,1-2H3. The summed E-state index contributed by atoms with van der Waals surface area (Å²) in [6.45, 7) is 1.26. The van der Waals surface area contributed by atoms with Crippen molar-refractivity contribution < 1.29 is 13.2 Å². The zero-order chi connectivity index (χ0) is 16.3. The van der Waals surface area contributed by atoms with Crippen LogP contribution < -0.4 is 10.3 Å². The van der Waals surface area contributed by atoms with Crippen LogP contribution in [0.3, 0.4) is 0 Å². The Morgan fingerprint density at radius 3 is 2.64 bits per heavy atom. The largest absolute Gasteiger partial charge is 0.318 e. The lowest BCUT2D eigenvalue weighted by Crippen LogP contribution is -2.29. The van der Waals surface area contributed by atoms with E-state index in [1.165, 1.54) is 29.7 Å². The maximum atomic E-state index is 12.2. The van der Waals surface area contributed by atoms with E-state index in [1.807, 2.05) is 0 Å². The molecule has 2 aromatic rings. The Labute approximate surface area is 128 Å². The van der Waals surface area contributed by atoms with Crippen LogP contribution >= 0.6 is 0 Å². The Balaban J connectivity index is 2.25. The summed E-state index contributed by atoms with van der Waals surface area (Å²) in [5, 5.41) is 0. The topological polar surface area (TPSA) is 85.2 Å². The van der Waals surface area contributed by atoms with E-state index in [4.69, 9.17) is 0 Å². The molecular formula is C15H16N2O4S. The van der Waals surface area contributed by atoms with E-state index in [2.05, 4.69) is 4.72 Å². The van der Waals surface area contributed by atoms with Crippen molar-refractivity contribution in [3.8, 4) is 0 Å². The molecule has 2 rings (SSSR count).